The Kier molecular flexibility index (Phi) is 7.42. The minimum atomic E-state index is -3.30. The fourth-order valence-electron chi connectivity index (χ4n) is 3.59. The van der Waals surface area contributed by atoms with Crippen molar-refractivity contribution in [3.8, 4) is 0 Å². The van der Waals surface area contributed by atoms with Gasteiger partial charge in [-0.1, -0.05) is 41.4 Å². The molecule has 1 fully saturated rings. The van der Waals surface area contributed by atoms with Crippen molar-refractivity contribution in [1.82, 2.24) is 4.90 Å². The Labute approximate surface area is 186 Å². The summed E-state index contributed by atoms with van der Waals surface area (Å²) in [7, 11) is -3.30. The predicted octanol–water partition coefficient (Wildman–Crippen LogP) is 3.26. The highest BCUT2D eigenvalue weighted by molar-refractivity contribution is 7.90. The van der Waals surface area contributed by atoms with Crippen LogP contribution in [0.5, 0.6) is 0 Å². The largest absolute Gasteiger partial charge is 0.376 e. The summed E-state index contributed by atoms with van der Waals surface area (Å²) in [6.45, 7) is 2.65. The zero-order valence-electron chi connectivity index (χ0n) is 16.6. The molecule has 6 nitrogen and oxygen atoms in total. The fraction of sp³-hybridized carbons (Fsp3) is 0.381. The van der Waals surface area contributed by atoms with E-state index in [1.165, 1.54) is 12.1 Å². The number of benzene rings is 2. The van der Waals surface area contributed by atoms with Crippen LogP contribution in [0, 0.1) is 0 Å². The molecule has 1 saturated heterocycles. The lowest BCUT2D eigenvalue weighted by atomic mass is 9.92. The normalized spacial score (nSPS) is 18.8. The maximum absolute atomic E-state index is 12.1. The van der Waals surface area contributed by atoms with Gasteiger partial charge in [0.05, 0.1) is 33.6 Å². The lowest BCUT2D eigenvalue weighted by molar-refractivity contribution is -0.121. The molecule has 0 radical (unpaired) electrons. The second-order valence-electron chi connectivity index (χ2n) is 7.51. The third-order valence-electron chi connectivity index (χ3n) is 5.17. The number of hydrogen-bond donors (Lipinski definition) is 1. The smallest absolute Gasteiger partial charge is 0.225 e. The van der Waals surface area contributed by atoms with Crippen LogP contribution in [0.25, 0.3) is 0 Å². The number of morpholine rings is 1. The number of nitrogens with two attached hydrogens (primary N) is 1. The highest BCUT2D eigenvalue weighted by Crippen LogP contribution is 2.27. The van der Waals surface area contributed by atoms with Gasteiger partial charge < -0.3 is 10.5 Å². The number of carbonyl (C=O) groups is 1. The van der Waals surface area contributed by atoms with E-state index < -0.39 is 21.7 Å². The highest BCUT2D eigenvalue weighted by atomic mass is 35.5. The van der Waals surface area contributed by atoms with E-state index in [1.54, 1.807) is 18.2 Å². The molecular weight excluding hydrogens is 447 g/mol. The first-order valence-corrected chi connectivity index (χ1v) is 12.2. The zero-order valence-corrected chi connectivity index (χ0v) is 18.9. The molecule has 0 spiro atoms. The molecule has 0 saturated carbocycles. The average Bonchev–Trinajstić information content (AvgIpc) is 2.68. The maximum Gasteiger partial charge on any atom is 0.225 e. The van der Waals surface area contributed by atoms with Gasteiger partial charge in [-0.2, -0.15) is 0 Å². The third kappa shape index (κ3) is 5.95. The van der Waals surface area contributed by atoms with Gasteiger partial charge in [-0.3, -0.25) is 9.69 Å². The van der Waals surface area contributed by atoms with Gasteiger partial charge in [0.15, 0.2) is 9.84 Å². The summed E-state index contributed by atoms with van der Waals surface area (Å²) in [6, 6.07) is 11.8. The van der Waals surface area contributed by atoms with Crippen molar-refractivity contribution in [3.63, 3.8) is 0 Å². The second kappa shape index (κ2) is 9.66. The summed E-state index contributed by atoms with van der Waals surface area (Å²) in [5, 5.41) is 1.04. The van der Waals surface area contributed by atoms with E-state index in [4.69, 9.17) is 33.7 Å². The van der Waals surface area contributed by atoms with Gasteiger partial charge in [0.2, 0.25) is 5.91 Å². The molecule has 2 N–H and O–H groups in total. The van der Waals surface area contributed by atoms with E-state index in [1.807, 2.05) is 12.1 Å². The molecule has 9 heteroatoms. The Bertz CT molecular complexity index is 1010. The van der Waals surface area contributed by atoms with E-state index in [2.05, 4.69) is 4.90 Å². The number of sulfone groups is 1. The Hall–Kier alpha value is -1.64. The predicted molar refractivity (Wildman–Crippen MR) is 118 cm³/mol. The Balaban J connectivity index is 1.68. The molecule has 1 amide bonds. The molecule has 0 aromatic heterocycles. The summed E-state index contributed by atoms with van der Waals surface area (Å²) in [6.07, 6.45) is 1.39. The Morgan fingerprint density at radius 1 is 1.20 bits per heavy atom. The molecule has 1 heterocycles. The van der Waals surface area contributed by atoms with Crippen LogP contribution in [0.4, 0.5) is 0 Å². The van der Waals surface area contributed by atoms with Gasteiger partial charge in [0.25, 0.3) is 0 Å². The molecule has 2 aromatic carbocycles. The van der Waals surface area contributed by atoms with E-state index in [9.17, 15) is 13.2 Å². The number of amides is 1. The highest BCUT2D eigenvalue weighted by Gasteiger charge is 2.28. The molecule has 162 valence electrons. The number of nitrogens with zero attached hydrogens (tertiary/aromatic N) is 1. The van der Waals surface area contributed by atoms with Crippen molar-refractivity contribution < 1.29 is 17.9 Å². The summed E-state index contributed by atoms with van der Waals surface area (Å²) < 4.78 is 29.2. The molecule has 2 unspecified atom stereocenters. The molecule has 0 bridgehead atoms. The molecular formula is C21H24Cl2N2O4S. The van der Waals surface area contributed by atoms with Crippen molar-refractivity contribution in [2.75, 3.05) is 26.0 Å². The lowest BCUT2D eigenvalue weighted by Crippen LogP contribution is -2.43. The van der Waals surface area contributed by atoms with E-state index in [0.717, 1.165) is 18.4 Å². The van der Waals surface area contributed by atoms with Crippen LogP contribution in [-0.4, -0.2) is 51.3 Å². The van der Waals surface area contributed by atoms with E-state index in [-0.39, 0.29) is 11.0 Å². The summed E-state index contributed by atoms with van der Waals surface area (Å²) >= 11 is 12.1. The van der Waals surface area contributed by atoms with Gasteiger partial charge >= 0.3 is 0 Å². The van der Waals surface area contributed by atoms with Gasteiger partial charge in [0.1, 0.15) is 0 Å². The van der Waals surface area contributed by atoms with Crippen molar-refractivity contribution in [3.05, 3.63) is 63.6 Å². The first kappa shape index (κ1) is 23.0. The summed E-state index contributed by atoms with van der Waals surface area (Å²) in [4.78, 5) is 14.5. The Morgan fingerprint density at radius 2 is 1.90 bits per heavy atom. The third-order valence-corrected chi connectivity index (χ3v) is 7.03. The number of halogens is 2. The van der Waals surface area contributed by atoms with Gasteiger partial charge in [-0.15, -0.1) is 0 Å². The minimum Gasteiger partial charge on any atom is -0.376 e. The lowest BCUT2D eigenvalue weighted by Gasteiger charge is -2.34. The molecule has 3 rings (SSSR count). The first-order chi connectivity index (χ1) is 14.1. The van der Waals surface area contributed by atoms with Crippen LogP contribution in [-0.2, 0) is 25.9 Å². The molecule has 2 aromatic rings. The van der Waals surface area contributed by atoms with E-state index >= 15 is 0 Å². The molecule has 1 aliphatic heterocycles. The van der Waals surface area contributed by atoms with Crippen LogP contribution < -0.4 is 5.73 Å². The van der Waals surface area contributed by atoms with Gasteiger partial charge in [0, 0.05) is 25.9 Å². The number of ether oxygens (including phenoxy) is 1. The van der Waals surface area contributed by atoms with Gasteiger partial charge in [-0.25, -0.2) is 8.42 Å². The van der Waals surface area contributed by atoms with Gasteiger partial charge in [-0.05, 0) is 41.8 Å². The summed E-state index contributed by atoms with van der Waals surface area (Å²) in [5.41, 5.74) is 7.37. The van der Waals surface area contributed by atoms with Crippen LogP contribution in [0.15, 0.2) is 47.4 Å². The SMILES string of the molecule is CS(=O)(=O)c1ccc(C(CC2CN(Cc3ccc(Cl)c(Cl)c3)CCO2)C(N)=O)cc1. The number of hydrogen-bond acceptors (Lipinski definition) is 5. The topological polar surface area (TPSA) is 89.7 Å². The summed E-state index contributed by atoms with van der Waals surface area (Å²) in [5.74, 6) is -1.03. The number of primary amides is 1. The van der Waals surface area contributed by atoms with Crippen LogP contribution in [0.1, 0.15) is 23.5 Å². The van der Waals surface area contributed by atoms with Crippen LogP contribution in [0.3, 0.4) is 0 Å². The van der Waals surface area contributed by atoms with Crippen molar-refractivity contribution in [2.45, 2.75) is 29.9 Å². The average molecular weight is 471 g/mol. The number of rotatable bonds is 7. The monoisotopic (exact) mass is 470 g/mol. The molecule has 1 aliphatic rings. The molecule has 30 heavy (non-hydrogen) atoms. The molecule has 0 aliphatic carbocycles. The fourth-order valence-corrected chi connectivity index (χ4v) is 4.54. The zero-order chi connectivity index (χ0) is 21.9. The first-order valence-electron chi connectivity index (χ1n) is 9.50. The van der Waals surface area contributed by atoms with E-state index in [0.29, 0.717) is 41.7 Å². The quantitative estimate of drug-likeness (QED) is 0.670. The second-order valence-corrected chi connectivity index (χ2v) is 10.3. The van der Waals surface area contributed by atoms with Crippen molar-refractivity contribution in [1.29, 1.82) is 0 Å². The van der Waals surface area contributed by atoms with Crippen molar-refractivity contribution in [2.24, 2.45) is 5.73 Å². The standard InChI is InChI=1S/C21H24Cl2N2O4S/c1-30(27,28)17-5-3-15(4-6-17)18(21(24)26)11-16-13-25(8-9-29-16)12-14-2-7-19(22)20(23)10-14/h2-7,10,16,18H,8-9,11-13H2,1H3,(H2,24,26). The number of carbonyl (C=O) groups excluding carboxylic acids is 1. The van der Waals surface area contributed by atoms with Crippen LogP contribution in [0.2, 0.25) is 10.0 Å². The van der Waals surface area contributed by atoms with Crippen LogP contribution >= 0.6 is 23.2 Å². The van der Waals surface area contributed by atoms with Crippen molar-refractivity contribution >= 4 is 38.9 Å². The Morgan fingerprint density at radius 3 is 2.50 bits per heavy atom. The molecule has 2 atom stereocenters. The minimum absolute atomic E-state index is 0.173. The maximum atomic E-state index is 12.1.